The molecule has 1 unspecified atom stereocenters. The van der Waals surface area contributed by atoms with E-state index >= 15 is 0 Å². The standard InChI is InChI=1S/C21H22N4O/c1-26-20-11-9-18(10-12-20)23-21(17-6-5-14-22-16-17)13-15-25(24-21)19-7-3-2-4-8-19/h2-12,14,16,23-24H,13,15H2,1H3. The molecular formula is C21H22N4O. The number of methoxy groups -OCH3 is 1. The van der Waals surface area contributed by atoms with Crippen LogP contribution in [0, 0.1) is 0 Å². The van der Waals surface area contributed by atoms with Gasteiger partial charge < -0.3 is 15.1 Å². The molecule has 2 aromatic carbocycles. The van der Waals surface area contributed by atoms with E-state index < -0.39 is 5.66 Å². The SMILES string of the molecule is COc1ccc(NC2(c3cccnc3)CCN(c3ccccc3)N2)cc1. The molecule has 1 aromatic heterocycles. The summed E-state index contributed by atoms with van der Waals surface area (Å²) < 4.78 is 5.26. The molecule has 5 heteroatoms. The zero-order valence-corrected chi connectivity index (χ0v) is 14.7. The van der Waals surface area contributed by atoms with Gasteiger partial charge in [-0.15, -0.1) is 0 Å². The normalized spacial score (nSPS) is 19.3. The van der Waals surface area contributed by atoms with Gasteiger partial charge >= 0.3 is 0 Å². The van der Waals surface area contributed by atoms with Crippen molar-refractivity contribution in [1.82, 2.24) is 10.4 Å². The summed E-state index contributed by atoms with van der Waals surface area (Å²) in [5.41, 5.74) is 6.53. The molecule has 1 aliphatic heterocycles. The van der Waals surface area contributed by atoms with Crippen LogP contribution >= 0.6 is 0 Å². The molecule has 1 aliphatic rings. The summed E-state index contributed by atoms with van der Waals surface area (Å²) in [4.78, 5) is 4.32. The van der Waals surface area contributed by atoms with E-state index in [2.05, 4.69) is 51.1 Å². The Hall–Kier alpha value is -3.05. The Morgan fingerprint density at radius 3 is 2.54 bits per heavy atom. The number of hydrogen-bond acceptors (Lipinski definition) is 5. The highest BCUT2D eigenvalue weighted by atomic mass is 16.5. The number of nitrogens with one attached hydrogen (secondary N) is 2. The van der Waals surface area contributed by atoms with E-state index in [0.717, 1.165) is 35.7 Å². The van der Waals surface area contributed by atoms with Crippen molar-refractivity contribution in [3.8, 4) is 5.75 Å². The summed E-state index contributed by atoms with van der Waals surface area (Å²) in [5, 5.41) is 5.86. The van der Waals surface area contributed by atoms with E-state index in [1.807, 2.05) is 42.6 Å². The van der Waals surface area contributed by atoms with Crippen molar-refractivity contribution < 1.29 is 4.74 Å². The largest absolute Gasteiger partial charge is 0.497 e. The van der Waals surface area contributed by atoms with Gasteiger partial charge in [-0.1, -0.05) is 24.3 Å². The lowest BCUT2D eigenvalue weighted by Gasteiger charge is -2.33. The fourth-order valence-electron chi connectivity index (χ4n) is 3.33. The number of rotatable bonds is 5. The van der Waals surface area contributed by atoms with Crippen molar-refractivity contribution in [3.05, 3.63) is 84.7 Å². The molecule has 1 saturated heterocycles. The highest BCUT2D eigenvalue weighted by Crippen LogP contribution is 2.34. The van der Waals surface area contributed by atoms with E-state index in [4.69, 9.17) is 4.74 Å². The van der Waals surface area contributed by atoms with Gasteiger partial charge in [0.2, 0.25) is 0 Å². The molecule has 132 valence electrons. The molecule has 0 saturated carbocycles. The average Bonchev–Trinajstić information content (AvgIpc) is 3.15. The number of aromatic nitrogens is 1. The summed E-state index contributed by atoms with van der Waals surface area (Å²) in [6, 6.07) is 22.4. The van der Waals surface area contributed by atoms with Crippen LogP contribution in [0.3, 0.4) is 0 Å². The van der Waals surface area contributed by atoms with E-state index in [9.17, 15) is 0 Å². The van der Waals surface area contributed by atoms with Crippen LogP contribution in [-0.2, 0) is 5.66 Å². The molecular weight excluding hydrogens is 324 g/mol. The van der Waals surface area contributed by atoms with Crippen molar-refractivity contribution in [3.63, 3.8) is 0 Å². The van der Waals surface area contributed by atoms with E-state index in [1.54, 1.807) is 13.3 Å². The molecule has 2 heterocycles. The second-order valence-electron chi connectivity index (χ2n) is 6.35. The third kappa shape index (κ3) is 3.21. The molecule has 1 atom stereocenters. The molecule has 3 aromatic rings. The van der Waals surface area contributed by atoms with Crippen LogP contribution in [0.2, 0.25) is 0 Å². The van der Waals surface area contributed by atoms with Crippen molar-refractivity contribution >= 4 is 11.4 Å². The smallest absolute Gasteiger partial charge is 0.135 e. The molecule has 4 rings (SSSR count). The maximum Gasteiger partial charge on any atom is 0.135 e. The first-order valence-electron chi connectivity index (χ1n) is 8.72. The zero-order valence-electron chi connectivity index (χ0n) is 14.7. The highest BCUT2D eigenvalue weighted by molar-refractivity contribution is 5.53. The number of ether oxygens (including phenoxy) is 1. The molecule has 26 heavy (non-hydrogen) atoms. The number of hydrogen-bond donors (Lipinski definition) is 2. The maximum atomic E-state index is 5.26. The minimum Gasteiger partial charge on any atom is -0.497 e. The van der Waals surface area contributed by atoms with Gasteiger partial charge in [0.05, 0.1) is 12.8 Å². The minimum absolute atomic E-state index is 0.418. The van der Waals surface area contributed by atoms with Gasteiger partial charge in [-0.05, 0) is 42.5 Å². The van der Waals surface area contributed by atoms with Gasteiger partial charge in [0.25, 0.3) is 0 Å². The first kappa shape index (κ1) is 16.4. The highest BCUT2D eigenvalue weighted by Gasteiger charge is 2.39. The van der Waals surface area contributed by atoms with Gasteiger partial charge in [0, 0.05) is 36.6 Å². The van der Waals surface area contributed by atoms with Crippen molar-refractivity contribution in [2.45, 2.75) is 12.1 Å². The van der Waals surface area contributed by atoms with E-state index in [1.165, 1.54) is 0 Å². The number of benzene rings is 2. The third-order valence-electron chi connectivity index (χ3n) is 4.71. The molecule has 0 radical (unpaired) electrons. The predicted octanol–water partition coefficient (Wildman–Crippen LogP) is 3.77. The fourth-order valence-corrected chi connectivity index (χ4v) is 3.33. The Bertz CT molecular complexity index is 839. The Morgan fingerprint density at radius 1 is 1.04 bits per heavy atom. The molecule has 5 nitrogen and oxygen atoms in total. The Morgan fingerprint density at radius 2 is 1.85 bits per heavy atom. The quantitative estimate of drug-likeness (QED) is 0.736. The number of nitrogens with zero attached hydrogens (tertiary/aromatic N) is 2. The van der Waals surface area contributed by atoms with Crippen LogP contribution in [0.5, 0.6) is 5.75 Å². The fraction of sp³-hybridized carbons (Fsp3) is 0.190. The monoisotopic (exact) mass is 346 g/mol. The van der Waals surface area contributed by atoms with Gasteiger partial charge in [0.15, 0.2) is 0 Å². The van der Waals surface area contributed by atoms with Crippen molar-refractivity contribution in [2.75, 3.05) is 24.0 Å². The zero-order chi connectivity index (χ0) is 17.8. The first-order chi connectivity index (χ1) is 12.8. The Labute approximate surface area is 153 Å². The lowest BCUT2D eigenvalue weighted by Crippen LogP contribution is -2.49. The second kappa shape index (κ2) is 7.06. The van der Waals surface area contributed by atoms with Gasteiger partial charge in [-0.2, -0.15) is 0 Å². The van der Waals surface area contributed by atoms with Gasteiger partial charge in [-0.25, -0.2) is 5.43 Å². The molecule has 0 aliphatic carbocycles. The molecule has 0 bridgehead atoms. The van der Waals surface area contributed by atoms with Gasteiger partial charge in [-0.3, -0.25) is 4.98 Å². The molecule has 0 spiro atoms. The summed E-state index contributed by atoms with van der Waals surface area (Å²) >= 11 is 0. The van der Waals surface area contributed by atoms with Crippen LogP contribution in [0.15, 0.2) is 79.1 Å². The molecule has 2 N–H and O–H groups in total. The summed E-state index contributed by atoms with van der Waals surface area (Å²) in [5.74, 6) is 0.844. The number of pyridine rings is 1. The third-order valence-corrected chi connectivity index (χ3v) is 4.71. The van der Waals surface area contributed by atoms with Crippen LogP contribution in [0.1, 0.15) is 12.0 Å². The van der Waals surface area contributed by atoms with Crippen LogP contribution in [-0.4, -0.2) is 18.6 Å². The number of hydrazine groups is 1. The molecule has 1 fully saturated rings. The predicted molar refractivity (Wildman–Crippen MR) is 104 cm³/mol. The van der Waals surface area contributed by atoms with Crippen molar-refractivity contribution in [1.29, 1.82) is 0 Å². The van der Waals surface area contributed by atoms with E-state index in [-0.39, 0.29) is 0 Å². The molecule has 0 amide bonds. The second-order valence-corrected chi connectivity index (χ2v) is 6.35. The van der Waals surface area contributed by atoms with Crippen LogP contribution < -0.4 is 20.5 Å². The Kier molecular flexibility index (Phi) is 4.46. The lowest BCUT2D eigenvalue weighted by molar-refractivity contribution is 0.414. The summed E-state index contributed by atoms with van der Waals surface area (Å²) in [6.07, 6.45) is 4.62. The van der Waals surface area contributed by atoms with Crippen LogP contribution in [0.25, 0.3) is 0 Å². The first-order valence-corrected chi connectivity index (χ1v) is 8.72. The number of anilines is 2. The summed E-state index contributed by atoms with van der Waals surface area (Å²) in [7, 11) is 1.68. The minimum atomic E-state index is -0.418. The van der Waals surface area contributed by atoms with E-state index in [0.29, 0.717) is 0 Å². The van der Waals surface area contributed by atoms with Crippen LogP contribution in [0.4, 0.5) is 11.4 Å². The average molecular weight is 346 g/mol. The Balaban J connectivity index is 1.65. The maximum absolute atomic E-state index is 5.26. The van der Waals surface area contributed by atoms with Crippen molar-refractivity contribution in [2.24, 2.45) is 0 Å². The lowest BCUT2D eigenvalue weighted by atomic mass is 9.99. The topological polar surface area (TPSA) is 49.4 Å². The van der Waals surface area contributed by atoms with Gasteiger partial charge in [0.1, 0.15) is 11.4 Å². The summed E-state index contributed by atoms with van der Waals surface area (Å²) in [6.45, 7) is 0.891. The number of para-hydroxylation sites is 1.